The highest BCUT2D eigenvalue weighted by atomic mass is 15.2. The number of benzene rings is 4. The van der Waals surface area contributed by atoms with Crippen molar-refractivity contribution in [2.75, 3.05) is 26.2 Å². The van der Waals surface area contributed by atoms with Gasteiger partial charge in [0.1, 0.15) is 0 Å². The zero-order chi connectivity index (χ0) is 30.3. The van der Waals surface area contributed by atoms with Crippen molar-refractivity contribution in [1.29, 1.82) is 0 Å². The number of likely N-dealkylation sites (tertiary alicyclic amines) is 1. The van der Waals surface area contributed by atoms with Gasteiger partial charge in [0.25, 0.3) is 0 Å². The quantitative estimate of drug-likeness (QED) is 0.166. The first-order chi connectivity index (χ1) is 21.0. The molecule has 1 heterocycles. The maximum Gasteiger partial charge on any atom is 0.0101 e. The van der Waals surface area contributed by atoms with Crippen molar-refractivity contribution >= 4 is 0 Å². The summed E-state index contributed by atoms with van der Waals surface area (Å²) in [5, 5.41) is 0. The fourth-order valence-corrected chi connectivity index (χ4v) is 6.68. The molecule has 0 aliphatic carbocycles. The SMILES string of the molecule is CC(C)N(CCC(c1ccccc1)c1ccccc1)C(C)C.c1ccc(C(CCN2CCCCC2)c2ccccc2)cc1. The molecule has 4 aromatic carbocycles. The zero-order valence-electron chi connectivity index (χ0n) is 27.1. The lowest BCUT2D eigenvalue weighted by Gasteiger charge is -2.32. The van der Waals surface area contributed by atoms with Crippen LogP contribution in [0.1, 0.15) is 93.9 Å². The van der Waals surface area contributed by atoms with Gasteiger partial charge in [-0.25, -0.2) is 0 Å². The molecule has 2 nitrogen and oxygen atoms in total. The zero-order valence-corrected chi connectivity index (χ0v) is 27.1. The van der Waals surface area contributed by atoms with Gasteiger partial charge in [-0.2, -0.15) is 0 Å². The van der Waals surface area contributed by atoms with Gasteiger partial charge >= 0.3 is 0 Å². The third-order valence-electron chi connectivity index (χ3n) is 8.99. The Kier molecular flexibility index (Phi) is 13.5. The molecular formula is C41H54N2. The van der Waals surface area contributed by atoms with Crippen LogP contribution in [0.15, 0.2) is 121 Å². The lowest BCUT2D eigenvalue weighted by atomic mass is 9.88. The summed E-state index contributed by atoms with van der Waals surface area (Å²) in [6, 6.07) is 44.9. The van der Waals surface area contributed by atoms with E-state index in [1.165, 1.54) is 67.6 Å². The summed E-state index contributed by atoms with van der Waals surface area (Å²) in [4.78, 5) is 5.22. The molecule has 43 heavy (non-hydrogen) atoms. The molecular weight excluding hydrogens is 520 g/mol. The van der Waals surface area contributed by atoms with Crippen molar-refractivity contribution in [2.24, 2.45) is 0 Å². The number of piperidine rings is 1. The average Bonchev–Trinajstić information content (AvgIpc) is 3.05. The van der Waals surface area contributed by atoms with Gasteiger partial charge in [0.15, 0.2) is 0 Å². The van der Waals surface area contributed by atoms with E-state index in [4.69, 9.17) is 0 Å². The molecule has 0 aromatic heterocycles. The first-order valence-electron chi connectivity index (χ1n) is 16.7. The smallest absolute Gasteiger partial charge is 0.0101 e. The molecule has 0 radical (unpaired) electrons. The van der Waals surface area contributed by atoms with Crippen molar-refractivity contribution in [1.82, 2.24) is 9.80 Å². The Labute approximate surface area is 262 Å². The number of hydrogen-bond acceptors (Lipinski definition) is 2. The predicted molar refractivity (Wildman–Crippen MR) is 186 cm³/mol. The first kappa shape index (κ1) is 32.7. The standard InChI is InChI=1S/C21H29N.C20H25N/c1-17(2)22(18(3)4)16-15-21(19-11-7-5-8-12-19)20-13-9-6-10-14-20;1-4-10-18(11-5-1)20(19-12-6-2-7-13-19)14-17-21-15-8-3-9-16-21/h5-14,17-18,21H,15-16H2,1-4H3;1-2,4-7,10-13,20H,3,8-9,14-17H2. The van der Waals surface area contributed by atoms with Gasteiger partial charge in [0.05, 0.1) is 0 Å². The minimum atomic E-state index is 0.474. The van der Waals surface area contributed by atoms with E-state index >= 15 is 0 Å². The Morgan fingerprint density at radius 3 is 1.19 bits per heavy atom. The lowest BCUT2D eigenvalue weighted by Crippen LogP contribution is -2.38. The molecule has 1 saturated heterocycles. The number of rotatable bonds is 12. The monoisotopic (exact) mass is 574 g/mol. The minimum Gasteiger partial charge on any atom is -0.303 e. The average molecular weight is 575 g/mol. The second-order valence-electron chi connectivity index (χ2n) is 12.7. The number of nitrogens with zero attached hydrogens (tertiary/aromatic N) is 2. The van der Waals surface area contributed by atoms with E-state index < -0.39 is 0 Å². The van der Waals surface area contributed by atoms with E-state index in [0.29, 0.717) is 23.9 Å². The van der Waals surface area contributed by atoms with Crippen molar-refractivity contribution in [3.05, 3.63) is 144 Å². The van der Waals surface area contributed by atoms with Gasteiger partial charge in [0, 0.05) is 23.9 Å². The summed E-state index contributed by atoms with van der Waals surface area (Å²) in [5.41, 5.74) is 5.73. The topological polar surface area (TPSA) is 6.48 Å². The van der Waals surface area contributed by atoms with Crippen LogP contribution in [0.25, 0.3) is 0 Å². The summed E-state index contributed by atoms with van der Waals surface area (Å²) in [6.07, 6.45) is 6.54. The highest BCUT2D eigenvalue weighted by Crippen LogP contribution is 2.30. The summed E-state index contributed by atoms with van der Waals surface area (Å²) >= 11 is 0. The van der Waals surface area contributed by atoms with Crippen molar-refractivity contribution in [3.63, 3.8) is 0 Å². The van der Waals surface area contributed by atoms with Gasteiger partial charge in [-0.15, -0.1) is 0 Å². The van der Waals surface area contributed by atoms with Crippen LogP contribution in [0.4, 0.5) is 0 Å². The Morgan fingerprint density at radius 1 is 0.488 bits per heavy atom. The van der Waals surface area contributed by atoms with Crippen LogP contribution in [0.5, 0.6) is 0 Å². The van der Waals surface area contributed by atoms with E-state index in [1.54, 1.807) is 0 Å². The van der Waals surface area contributed by atoms with Gasteiger partial charge in [-0.3, -0.25) is 4.90 Å². The molecule has 0 bridgehead atoms. The second-order valence-corrected chi connectivity index (χ2v) is 12.7. The van der Waals surface area contributed by atoms with Gasteiger partial charge in [0.2, 0.25) is 0 Å². The van der Waals surface area contributed by atoms with E-state index in [0.717, 1.165) is 13.0 Å². The lowest BCUT2D eigenvalue weighted by molar-refractivity contribution is 0.170. The predicted octanol–water partition coefficient (Wildman–Crippen LogP) is 10.0. The van der Waals surface area contributed by atoms with Crippen molar-refractivity contribution < 1.29 is 0 Å². The van der Waals surface area contributed by atoms with Crippen LogP contribution in [0, 0.1) is 0 Å². The van der Waals surface area contributed by atoms with E-state index in [9.17, 15) is 0 Å². The van der Waals surface area contributed by atoms with E-state index in [1.807, 2.05) is 0 Å². The van der Waals surface area contributed by atoms with Crippen LogP contribution in [-0.4, -0.2) is 48.1 Å². The fourth-order valence-electron chi connectivity index (χ4n) is 6.68. The normalized spacial score (nSPS) is 14.0. The van der Waals surface area contributed by atoms with Crippen LogP contribution >= 0.6 is 0 Å². The molecule has 5 rings (SSSR count). The first-order valence-corrected chi connectivity index (χ1v) is 16.7. The maximum absolute atomic E-state index is 2.64. The molecule has 4 aromatic rings. The van der Waals surface area contributed by atoms with Gasteiger partial charge in [-0.05, 0) is 102 Å². The van der Waals surface area contributed by atoms with E-state index in [2.05, 4.69) is 159 Å². The molecule has 0 atom stereocenters. The largest absolute Gasteiger partial charge is 0.303 e. The molecule has 1 fully saturated rings. The summed E-state index contributed by atoms with van der Waals surface area (Å²) in [7, 11) is 0. The molecule has 0 saturated carbocycles. The third-order valence-corrected chi connectivity index (χ3v) is 8.99. The Balaban J connectivity index is 0.000000197. The van der Waals surface area contributed by atoms with Gasteiger partial charge in [-0.1, -0.05) is 128 Å². The maximum atomic E-state index is 2.64. The molecule has 0 unspecified atom stereocenters. The molecule has 1 aliphatic heterocycles. The Hall–Kier alpha value is -3.20. The molecule has 2 heteroatoms. The number of hydrogen-bond donors (Lipinski definition) is 0. The van der Waals surface area contributed by atoms with Crippen LogP contribution in [-0.2, 0) is 0 Å². The van der Waals surface area contributed by atoms with Gasteiger partial charge < -0.3 is 4.90 Å². The summed E-state index contributed by atoms with van der Waals surface area (Å²) in [5.74, 6) is 0.997. The molecule has 0 spiro atoms. The van der Waals surface area contributed by atoms with Crippen molar-refractivity contribution in [2.45, 2.75) is 83.7 Å². The summed E-state index contributed by atoms with van der Waals surface area (Å²) < 4.78 is 0. The highest BCUT2D eigenvalue weighted by Gasteiger charge is 2.19. The Morgan fingerprint density at radius 2 is 0.837 bits per heavy atom. The van der Waals surface area contributed by atoms with Crippen molar-refractivity contribution in [3.8, 4) is 0 Å². The fraction of sp³-hybridized carbons (Fsp3) is 0.415. The van der Waals surface area contributed by atoms with Crippen LogP contribution < -0.4 is 0 Å². The molecule has 0 N–H and O–H groups in total. The molecule has 0 amide bonds. The second kappa shape index (κ2) is 17.8. The van der Waals surface area contributed by atoms with Crippen LogP contribution in [0.3, 0.4) is 0 Å². The Bertz CT molecular complexity index is 1160. The molecule has 1 aliphatic rings. The molecule has 228 valence electrons. The third kappa shape index (κ3) is 10.5. The van der Waals surface area contributed by atoms with E-state index in [-0.39, 0.29) is 0 Å². The highest BCUT2D eigenvalue weighted by molar-refractivity contribution is 5.33. The van der Waals surface area contributed by atoms with Crippen LogP contribution in [0.2, 0.25) is 0 Å². The summed E-state index contributed by atoms with van der Waals surface area (Å²) in [6.45, 7) is 14.1. The minimum absolute atomic E-state index is 0.474.